The molecule has 3 N–H and O–H groups in total. The van der Waals surface area contributed by atoms with Gasteiger partial charge in [0, 0.05) is 50.0 Å². The number of likely N-dealkylation sites (tertiary alicyclic amines) is 1. The van der Waals surface area contributed by atoms with Crippen LogP contribution in [0, 0.1) is 40.9 Å². The summed E-state index contributed by atoms with van der Waals surface area (Å²) in [6.07, 6.45) is 7.42. The topological polar surface area (TPSA) is 167 Å². The van der Waals surface area contributed by atoms with Gasteiger partial charge >= 0.3 is 0 Å². The van der Waals surface area contributed by atoms with Crippen molar-refractivity contribution in [2.45, 2.75) is 130 Å². The van der Waals surface area contributed by atoms with Gasteiger partial charge < -0.3 is 20.4 Å². The van der Waals surface area contributed by atoms with Crippen molar-refractivity contribution in [3.8, 4) is 0 Å². The van der Waals surface area contributed by atoms with E-state index in [4.69, 9.17) is 0 Å². The number of nitrogens with one attached hydrogen (secondary N) is 1. The zero-order chi connectivity index (χ0) is 35.6. The number of hydrogen-bond acceptors (Lipinski definition) is 9. The summed E-state index contributed by atoms with van der Waals surface area (Å²) >= 11 is 0. The summed E-state index contributed by atoms with van der Waals surface area (Å²) in [6.45, 7) is 13.1. The Hall–Kier alpha value is -3.05. The predicted molar refractivity (Wildman–Crippen MR) is 179 cm³/mol. The van der Waals surface area contributed by atoms with Crippen LogP contribution < -0.4 is 5.32 Å². The van der Waals surface area contributed by atoms with Crippen molar-refractivity contribution in [2.24, 2.45) is 40.9 Å². The summed E-state index contributed by atoms with van der Waals surface area (Å²) in [7, 11) is 0. The second kappa shape index (κ2) is 15.2. The van der Waals surface area contributed by atoms with Gasteiger partial charge in [0.1, 0.15) is 17.8 Å². The van der Waals surface area contributed by atoms with E-state index < -0.39 is 52.9 Å². The largest absolute Gasteiger partial charge is 0.390 e. The minimum absolute atomic E-state index is 0.0440. The average Bonchev–Trinajstić information content (AvgIpc) is 3.67. The van der Waals surface area contributed by atoms with E-state index in [1.165, 1.54) is 23.5 Å². The van der Waals surface area contributed by atoms with Gasteiger partial charge in [-0.15, -0.1) is 0 Å². The van der Waals surface area contributed by atoms with Crippen LogP contribution in [0.1, 0.15) is 117 Å². The van der Waals surface area contributed by atoms with Crippen molar-refractivity contribution in [1.82, 2.24) is 20.2 Å². The lowest BCUT2D eigenvalue weighted by atomic mass is 9.81. The third-order valence-corrected chi connectivity index (χ3v) is 10.9. The van der Waals surface area contributed by atoms with Crippen molar-refractivity contribution < 1.29 is 34.2 Å². The fourth-order valence-corrected chi connectivity index (χ4v) is 7.77. The van der Waals surface area contributed by atoms with E-state index in [0.29, 0.717) is 38.0 Å². The Balaban J connectivity index is 1.58. The first-order valence-corrected chi connectivity index (χ1v) is 17.8. The van der Waals surface area contributed by atoms with Gasteiger partial charge in [-0.25, -0.2) is 4.98 Å². The molecule has 0 aromatic carbocycles. The Kier molecular flexibility index (Phi) is 12.0. The van der Waals surface area contributed by atoms with Gasteiger partial charge in [-0.3, -0.25) is 29.0 Å². The van der Waals surface area contributed by atoms with Crippen molar-refractivity contribution in [3.63, 3.8) is 0 Å². The molecule has 0 radical (unpaired) electrons. The molecule has 2 heterocycles. The molecule has 3 fully saturated rings. The first-order chi connectivity index (χ1) is 22.5. The first kappa shape index (κ1) is 37.8. The van der Waals surface area contributed by atoms with Gasteiger partial charge in [0.2, 0.25) is 11.8 Å². The molecule has 4 rings (SSSR count). The molecule has 48 heavy (non-hydrogen) atoms. The number of fused-ring (bicyclic) bond motifs is 1. The van der Waals surface area contributed by atoms with Crippen LogP contribution in [0.2, 0.25) is 0 Å². The Morgan fingerprint density at radius 1 is 1.08 bits per heavy atom. The molecule has 2 saturated carbocycles. The Labute approximate surface area is 285 Å². The van der Waals surface area contributed by atoms with E-state index in [1.54, 1.807) is 6.92 Å². The van der Waals surface area contributed by atoms with E-state index in [0.717, 1.165) is 12.8 Å². The minimum Gasteiger partial charge on any atom is -0.390 e. The molecule has 2 amide bonds. The zero-order valence-electron chi connectivity index (χ0n) is 29.8. The van der Waals surface area contributed by atoms with Crippen LogP contribution in [0.15, 0.2) is 18.6 Å². The molecule has 11 nitrogen and oxygen atoms in total. The third kappa shape index (κ3) is 8.75. The van der Waals surface area contributed by atoms with Crippen molar-refractivity contribution >= 4 is 29.2 Å². The first-order valence-electron chi connectivity index (χ1n) is 17.8. The smallest absolute Gasteiger partial charge is 0.246 e. The number of Topliss-reactive ketones (excluding diaryl/α,β-unsaturated/α-hetero) is 3. The van der Waals surface area contributed by atoms with Crippen molar-refractivity contribution in [2.75, 3.05) is 6.54 Å². The number of rotatable bonds is 16. The monoisotopic (exact) mass is 668 g/mol. The standard InChI is InChI=1S/C37H56N4O7/c1-8-9-23(32(45)30(44)16-22-10-11-22)17-29(43)31-24-12-13-37(7,48)26(24)20-41(31)35(47)33(36(4,5)6)40-34(46)25(21(2)3)18-28(42)27-19-38-14-15-39-27/h14-15,19,21-26,31-33,45,48H,8-13,16-18,20H2,1-7H3,(H,40,46)/t23?,24-,25+,26-,31?,32?,33+,37+/m0/s1. The Morgan fingerprint density at radius 2 is 1.77 bits per heavy atom. The van der Waals surface area contributed by atoms with E-state index in [2.05, 4.69) is 15.3 Å². The highest BCUT2D eigenvalue weighted by Crippen LogP contribution is 2.49. The number of ketones is 3. The summed E-state index contributed by atoms with van der Waals surface area (Å²) in [5, 5.41) is 25.3. The number of aliphatic hydroxyl groups excluding tert-OH is 1. The zero-order valence-corrected chi connectivity index (χ0v) is 29.8. The number of hydrogen-bond donors (Lipinski definition) is 3. The highest BCUT2D eigenvalue weighted by atomic mass is 16.3. The molecule has 8 atom stereocenters. The third-order valence-electron chi connectivity index (χ3n) is 10.9. The number of nitrogens with zero attached hydrogens (tertiary/aromatic N) is 3. The van der Waals surface area contributed by atoms with Crippen LogP contribution in [-0.2, 0) is 19.2 Å². The van der Waals surface area contributed by atoms with Crippen LogP contribution in [0.3, 0.4) is 0 Å². The fraction of sp³-hybridized carbons (Fsp3) is 0.757. The molecule has 1 aromatic rings. The van der Waals surface area contributed by atoms with E-state index in [9.17, 15) is 34.2 Å². The molecule has 3 aliphatic rings. The maximum Gasteiger partial charge on any atom is 0.246 e. The number of aromatic nitrogens is 2. The molecule has 1 saturated heterocycles. The van der Waals surface area contributed by atoms with Crippen molar-refractivity contribution in [1.29, 1.82) is 0 Å². The van der Waals surface area contributed by atoms with E-state index >= 15 is 0 Å². The van der Waals surface area contributed by atoms with Gasteiger partial charge in [-0.2, -0.15) is 0 Å². The van der Waals surface area contributed by atoms with Gasteiger partial charge in [0.05, 0.1) is 17.8 Å². The maximum absolute atomic E-state index is 14.6. The summed E-state index contributed by atoms with van der Waals surface area (Å²) in [6, 6.07) is -1.86. The quantitative estimate of drug-likeness (QED) is 0.221. The van der Waals surface area contributed by atoms with Gasteiger partial charge in [0.15, 0.2) is 17.3 Å². The Bertz CT molecular complexity index is 1340. The Morgan fingerprint density at radius 3 is 2.33 bits per heavy atom. The second-order valence-electron chi connectivity index (χ2n) is 16.3. The molecule has 1 aromatic heterocycles. The molecule has 0 spiro atoms. The molecule has 11 heteroatoms. The molecule has 2 aliphatic carbocycles. The predicted octanol–water partition coefficient (Wildman–Crippen LogP) is 3.95. The molecular weight excluding hydrogens is 612 g/mol. The SMILES string of the molecule is CCCC(CC(=O)C1[C@H]2CC[C@@](C)(O)[C@H]2CN1C(=O)[C@@H](NC(=O)[C@H](CC(=O)c1cnccn1)C(C)C)C(C)(C)C)C(O)C(=O)CC1CC1. The number of carbonyl (C=O) groups excluding carboxylic acids is 5. The van der Waals surface area contributed by atoms with Crippen LogP contribution in [0.4, 0.5) is 0 Å². The number of aliphatic hydroxyl groups is 2. The summed E-state index contributed by atoms with van der Waals surface area (Å²) < 4.78 is 0. The molecule has 0 bridgehead atoms. The van der Waals surface area contributed by atoms with Crippen molar-refractivity contribution in [3.05, 3.63) is 24.3 Å². The lowest BCUT2D eigenvalue weighted by Gasteiger charge is -2.37. The van der Waals surface area contributed by atoms with Crippen LogP contribution >= 0.6 is 0 Å². The summed E-state index contributed by atoms with van der Waals surface area (Å²) in [5.74, 6) is -3.42. The van der Waals surface area contributed by atoms with Crippen LogP contribution in [-0.4, -0.2) is 84.6 Å². The fourth-order valence-electron chi connectivity index (χ4n) is 7.77. The van der Waals surface area contributed by atoms with E-state index in [-0.39, 0.29) is 60.2 Å². The molecule has 3 unspecified atom stereocenters. The molecule has 1 aliphatic heterocycles. The van der Waals surface area contributed by atoms with Crippen LogP contribution in [0.25, 0.3) is 0 Å². The highest BCUT2D eigenvalue weighted by Gasteiger charge is 2.58. The highest BCUT2D eigenvalue weighted by molar-refractivity contribution is 5.98. The maximum atomic E-state index is 14.6. The molecule has 266 valence electrons. The summed E-state index contributed by atoms with van der Waals surface area (Å²) in [4.78, 5) is 78.2. The van der Waals surface area contributed by atoms with Crippen LogP contribution in [0.5, 0.6) is 0 Å². The lowest BCUT2D eigenvalue weighted by molar-refractivity contribution is -0.145. The minimum atomic E-state index is -1.23. The van der Waals surface area contributed by atoms with Gasteiger partial charge in [-0.1, -0.05) is 48.0 Å². The lowest BCUT2D eigenvalue weighted by Crippen LogP contribution is -2.58. The average molecular weight is 669 g/mol. The van der Waals surface area contributed by atoms with Gasteiger partial charge in [0.25, 0.3) is 0 Å². The number of carbonyl (C=O) groups is 5. The molecular formula is C37H56N4O7. The number of amides is 2. The van der Waals surface area contributed by atoms with Gasteiger partial charge in [-0.05, 0) is 68.1 Å². The van der Waals surface area contributed by atoms with E-state index in [1.807, 2.05) is 41.5 Å². The second-order valence-corrected chi connectivity index (χ2v) is 16.3. The normalized spacial score (nSPS) is 26.5. The summed E-state index contributed by atoms with van der Waals surface area (Å²) in [5.41, 5.74) is -1.66.